The zero-order chi connectivity index (χ0) is 19.8. The maximum absolute atomic E-state index is 12.5. The minimum atomic E-state index is -0.0102. The molecule has 1 unspecified atom stereocenters. The molecule has 1 aromatic heterocycles. The van der Waals surface area contributed by atoms with E-state index in [0.717, 1.165) is 34.7 Å². The van der Waals surface area contributed by atoms with Gasteiger partial charge in [-0.15, -0.1) is 0 Å². The molecule has 1 atom stereocenters. The van der Waals surface area contributed by atoms with Crippen LogP contribution in [0.5, 0.6) is 5.75 Å². The number of ether oxygens (including phenoxy) is 1. The van der Waals surface area contributed by atoms with Crippen LogP contribution in [0.15, 0.2) is 24.3 Å². The Bertz CT molecular complexity index is 803. The van der Waals surface area contributed by atoms with E-state index in [9.17, 15) is 4.79 Å². The van der Waals surface area contributed by atoms with E-state index in [1.807, 2.05) is 42.8 Å². The normalized spacial score (nSPS) is 11.7. The Labute approximate surface area is 161 Å². The maximum atomic E-state index is 12.5. The molecule has 0 bridgehead atoms. The molecule has 1 aromatic carbocycles. The smallest absolute Gasteiger partial charge is 0.220 e. The molecule has 0 fully saturated rings. The van der Waals surface area contributed by atoms with E-state index in [0.29, 0.717) is 25.8 Å². The van der Waals surface area contributed by atoms with Gasteiger partial charge >= 0.3 is 0 Å². The third-order valence-electron chi connectivity index (χ3n) is 4.83. The lowest BCUT2D eigenvalue weighted by Gasteiger charge is -2.18. The zero-order valence-electron chi connectivity index (χ0n) is 16.6. The maximum Gasteiger partial charge on any atom is 0.220 e. The van der Waals surface area contributed by atoms with Crippen molar-refractivity contribution in [2.75, 3.05) is 7.11 Å². The third kappa shape index (κ3) is 5.33. The van der Waals surface area contributed by atoms with Crippen LogP contribution in [0.25, 0.3) is 0 Å². The molecule has 0 aliphatic heterocycles. The Morgan fingerprint density at radius 2 is 2.04 bits per heavy atom. The van der Waals surface area contributed by atoms with Crippen LogP contribution in [-0.2, 0) is 17.8 Å². The number of hydrogen-bond acceptors (Lipinski definition) is 4. The summed E-state index contributed by atoms with van der Waals surface area (Å²) in [5.41, 5.74) is 4.14. The number of rotatable bonds is 9. The zero-order valence-corrected chi connectivity index (χ0v) is 16.6. The largest absolute Gasteiger partial charge is 0.497 e. The van der Waals surface area contributed by atoms with Gasteiger partial charge in [0.05, 0.1) is 37.9 Å². The van der Waals surface area contributed by atoms with Gasteiger partial charge in [0.15, 0.2) is 0 Å². The van der Waals surface area contributed by atoms with Gasteiger partial charge < -0.3 is 10.1 Å². The number of aromatic nitrogens is 2. The molecule has 2 rings (SSSR count). The number of amides is 1. The molecule has 0 aliphatic rings. The van der Waals surface area contributed by atoms with Crippen molar-refractivity contribution in [3.05, 3.63) is 46.8 Å². The second-order valence-corrected chi connectivity index (χ2v) is 6.58. The molecule has 0 spiro atoms. The highest BCUT2D eigenvalue weighted by Gasteiger charge is 2.16. The Morgan fingerprint density at radius 3 is 2.63 bits per heavy atom. The molecule has 6 nitrogen and oxygen atoms in total. The van der Waals surface area contributed by atoms with E-state index in [1.165, 1.54) is 0 Å². The van der Waals surface area contributed by atoms with Gasteiger partial charge in [0.2, 0.25) is 5.91 Å². The summed E-state index contributed by atoms with van der Waals surface area (Å²) >= 11 is 0. The van der Waals surface area contributed by atoms with Crippen LogP contribution in [0.4, 0.5) is 0 Å². The second-order valence-electron chi connectivity index (χ2n) is 6.58. The van der Waals surface area contributed by atoms with Gasteiger partial charge in [-0.3, -0.25) is 9.48 Å². The summed E-state index contributed by atoms with van der Waals surface area (Å²) in [5.74, 6) is 0.834. The summed E-state index contributed by atoms with van der Waals surface area (Å²) in [6.07, 6.45) is 2.32. The van der Waals surface area contributed by atoms with Gasteiger partial charge in [0.25, 0.3) is 0 Å². The highest BCUT2D eigenvalue weighted by Crippen LogP contribution is 2.21. The SMILES string of the molecule is CCC(NC(=O)CCc1c(C)nn(CCC#N)c1C)c1ccc(OC)cc1. The van der Waals surface area contributed by atoms with Crippen molar-refractivity contribution in [3.8, 4) is 11.8 Å². The average molecular weight is 368 g/mol. The van der Waals surface area contributed by atoms with Gasteiger partial charge in [0.1, 0.15) is 5.75 Å². The van der Waals surface area contributed by atoms with Crippen LogP contribution in [0, 0.1) is 25.2 Å². The lowest BCUT2D eigenvalue weighted by molar-refractivity contribution is -0.121. The van der Waals surface area contributed by atoms with Gasteiger partial charge in [-0.05, 0) is 49.9 Å². The molecule has 1 N–H and O–H groups in total. The number of benzene rings is 1. The Balaban J connectivity index is 1.96. The third-order valence-corrected chi connectivity index (χ3v) is 4.83. The molecule has 1 heterocycles. The van der Waals surface area contributed by atoms with Crippen molar-refractivity contribution in [1.82, 2.24) is 15.1 Å². The fourth-order valence-corrected chi connectivity index (χ4v) is 3.23. The quantitative estimate of drug-likeness (QED) is 0.733. The predicted molar refractivity (Wildman–Crippen MR) is 104 cm³/mol. The molecule has 0 saturated carbocycles. The molecule has 0 saturated heterocycles. The van der Waals surface area contributed by atoms with E-state index in [4.69, 9.17) is 10.00 Å². The highest BCUT2D eigenvalue weighted by molar-refractivity contribution is 5.76. The number of nitriles is 1. The van der Waals surface area contributed by atoms with Crippen molar-refractivity contribution >= 4 is 5.91 Å². The number of carbonyl (C=O) groups excluding carboxylic acids is 1. The molecule has 0 aliphatic carbocycles. The second kappa shape index (κ2) is 9.77. The number of carbonyl (C=O) groups is 1. The standard InChI is InChI=1S/C21H28N4O2/c1-5-20(17-7-9-18(27-4)10-8-17)23-21(26)12-11-19-15(2)24-25(16(19)3)14-6-13-22/h7-10,20H,5-6,11-12,14H2,1-4H3,(H,23,26). The molecular formula is C21H28N4O2. The monoisotopic (exact) mass is 368 g/mol. The number of nitrogens with zero attached hydrogens (tertiary/aromatic N) is 3. The number of aryl methyl sites for hydroxylation is 2. The van der Waals surface area contributed by atoms with Crippen molar-refractivity contribution in [2.24, 2.45) is 0 Å². The molecule has 144 valence electrons. The summed E-state index contributed by atoms with van der Waals surface area (Å²) in [4.78, 5) is 12.5. The van der Waals surface area contributed by atoms with Crippen LogP contribution >= 0.6 is 0 Å². The first kappa shape index (κ1) is 20.5. The van der Waals surface area contributed by atoms with E-state index in [1.54, 1.807) is 7.11 Å². The molecule has 6 heteroatoms. The molecule has 2 aromatic rings. The molecule has 1 amide bonds. The van der Waals surface area contributed by atoms with Crippen molar-refractivity contribution < 1.29 is 9.53 Å². The summed E-state index contributed by atoms with van der Waals surface area (Å²) in [5, 5.41) is 16.4. The van der Waals surface area contributed by atoms with E-state index in [2.05, 4.69) is 23.4 Å². The number of nitrogens with one attached hydrogen (secondary N) is 1. The molecular weight excluding hydrogens is 340 g/mol. The Kier molecular flexibility index (Phi) is 7.42. The summed E-state index contributed by atoms with van der Waals surface area (Å²) < 4.78 is 7.05. The van der Waals surface area contributed by atoms with Crippen LogP contribution in [0.3, 0.4) is 0 Å². The molecule has 27 heavy (non-hydrogen) atoms. The van der Waals surface area contributed by atoms with E-state index >= 15 is 0 Å². The van der Waals surface area contributed by atoms with Gasteiger partial charge in [-0.1, -0.05) is 19.1 Å². The fraction of sp³-hybridized carbons (Fsp3) is 0.476. The van der Waals surface area contributed by atoms with Crippen LogP contribution in [0.1, 0.15) is 54.7 Å². The number of hydrogen-bond donors (Lipinski definition) is 1. The first-order valence-corrected chi connectivity index (χ1v) is 9.33. The minimum Gasteiger partial charge on any atom is -0.497 e. The van der Waals surface area contributed by atoms with E-state index in [-0.39, 0.29) is 11.9 Å². The van der Waals surface area contributed by atoms with Crippen molar-refractivity contribution in [3.63, 3.8) is 0 Å². The Hall–Kier alpha value is -2.81. The topological polar surface area (TPSA) is 79.9 Å². The lowest BCUT2D eigenvalue weighted by atomic mass is 10.0. The van der Waals surface area contributed by atoms with Crippen molar-refractivity contribution in [2.45, 2.75) is 59.0 Å². The summed E-state index contributed by atoms with van der Waals surface area (Å²) in [7, 11) is 1.64. The minimum absolute atomic E-state index is 0.0102. The first-order valence-electron chi connectivity index (χ1n) is 9.33. The summed E-state index contributed by atoms with van der Waals surface area (Å²) in [6.45, 7) is 6.60. The highest BCUT2D eigenvalue weighted by atomic mass is 16.5. The van der Waals surface area contributed by atoms with Crippen LogP contribution in [0.2, 0.25) is 0 Å². The lowest BCUT2D eigenvalue weighted by Crippen LogP contribution is -2.28. The fourth-order valence-electron chi connectivity index (χ4n) is 3.23. The first-order chi connectivity index (χ1) is 13.0. The van der Waals surface area contributed by atoms with Gasteiger partial charge in [-0.2, -0.15) is 10.4 Å². The molecule has 0 radical (unpaired) electrons. The van der Waals surface area contributed by atoms with Crippen LogP contribution in [-0.4, -0.2) is 22.8 Å². The van der Waals surface area contributed by atoms with E-state index < -0.39 is 0 Å². The number of methoxy groups -OCH3 is 1. The van der Waals surface area contributed by atoms with Gasteiger partial charge in [-0.25, -0.2) is 0 Å². The average Bonchev–Trinajstić information content (AvgIpc) is 2.95. The predicted octanol–water partition coefficient (Wildman–Crippen LogP) is 3.62. The van der Waals surface area contributed by atoms with Crippen LogP contribution < -0.4 is 10.1 Å². The Morgan fingerprint density at radius 1 is 1.33 bits per heavy atom. The van der Waals surface area contributed by atoms with Gasteiger partial charge in [0, 0.05) is 12.1 Å². The van der Waals surface area contributed by atoms with Crippen molar-refractivity contribution in [1.29, 1.82) is 5.26 Å². The summed E-state index contributed by atoms with van der Waals surface area (Å²) in [6, 6.07) is 9.92.